The maximum Gasteiger partial charge on any atom is 0.240 e. The Kier molecular flexibility index (Phi) is 4.24. The number of nitrogens with one attached hydrogen (secondary N) is 1. The fourth-order valence-corrected chi connectivity index (χ4v) is 2.69. The molecule has 0 fully saturated rings. The lowest BCUT2D eigenvalue weighted by atomic mass is 10.1. The maximum atomic E-state index is 11.8. The van der Waals surface area contributed by atoms with Crippen molar-refractivity contribution < 1.29 is 8.42 Å². The average molecular weight is 306 g/mol. The molecule has 0 atom stereocenters. The van der Waals surface area contributed by atoms with E-state index in [2.05, 4.69) is 14.7 Å². The number of nitrogens with zero attached hydrogens (tertiary/aromatic N) is 2. The van der Waals surface area contributed by atoms with Gasteiger partial charge in [-0.25, -0.2) is 23.1 Å². The molecule has 0 saturated carbocycles. The van der Waals surface area contributed by atoms with Crippen LogP contribution in [0.4, 0.5) is 5.82 Å². The van der Waals surface area contributed by atoms with Gasteiger partial charge in [0.1, 0.15) is 5.82 Å². The molecular weight excluding hydrogens is 288 g/mol. The molecule has 0 aliphatic carbocycles. The third-order valence-corrected chi connectivity index (χ3v) is 4.50. The Balaban J connectivity index is 2.53. The highest BCUT2D eigenvalue weighted by atomic mass is 32.2. The molecule has 0 aliphatic heterocycles. The predicted molar refractivity (Wildman–Crippen MR) is 82.2 cm³/mol. The number of hydrogen-bond donors (Lipinski definition) is 2. The van der Waals surface area contributed by atoms with Crippen LogP contribution >= 0.6 is 0 Å². The maximum absolute atomic E-state index is 11.8. The van der Waals surface area contributed by atoms with Crippen LogP contribution < -0.4 is 10.5 Å². The van der Waals surface area contributed by atoms with Crippen LogP contribution in [0.25, 0.3) is 11.3 Å². The molecule has 3 N–H and O–H groups in total. The highest BCUT2D eigenvalue weighted by Crippen LogP contribution is 2.24. The van der Waals surface area contributed by atoms with E-state index in [1.54, 1.807) is 24.4 Å². The molecule has 0 amide bonds. The quantitative estimate of drug-likeness (QED) is 0.897. The number of hydrogen-bond acceptors (Lipinski definition) is 5. The van der Waals surface area contributed by atoms with Gasteiger partial charge in [0.2, 0.25) is 10.0 Å². The van der Waals surface area contributed by atoms with Gasteiger partial charge in [0.25, 0.3) is 0 Å². The van der Waals surface area contributed by atoms with Crippen LogP contribution in [0.1, 0.15) is 25.5 Å². The molecule has 2 rings (SSSR count). The summed E-state index contributed by atoms with van der Waals surface area (Å²) in [6, 6.07) is 6.56. The van der Waals surface area contributed by atoms with E-state index < -0.39 is 10.0 Å². The summed E-state index contributed by atoms with van der Waals surface area (Å²) in [6.07, 6.45) is 1.55. The second-order valence-corrected chi connectivity index (χ2v) is 6.80. The molecule has 0 unspecified atom stereocenters. The van der Waals surface area contributed by atoms with Gasteiger partial charge in [-0.1, -0.05) is 26.0 Å². The van der Waals surface area contributed by atoms with Gasteiger partial charge in [0, 0.05) is 5.56 Å². The smallest absolute Gasteiger partial charge is 0.240 e. The molecule has 7 heteroatoms. The van der Waals surface area contributed by atoms with Gasteiger partial charge in [-0.05, 0) is 25.1 Å². The minimum atomic E-state index is -3.49. The lowest BCUT2D eigenvalue weighted by molar-refractivity contribution is 0.588. The monoisotopic (exact) mass is 306 g/mol. The molecular formula is C14H18N4O2S. The van der Waals surface area contributed by atoms with Crippen LogP contribution in [0.15, 0.2) is 35.4 Å². The molecule has 0 saturated heterocycles. The van der Waals surface area contributed by atoms with Crippen molar-refractivity contribution >= 4 is 15.8 Å². The Bertz CT molecular complexity index is 757. The van der Waals surface area contributed by atoms with Crippen LogP contribution in [-0.2, 0) is 10.0 Å². The van der Waals surface area contributed by atoms with Crippen molar-refractivity contribution in [1.82, 2.24) is 14.7 Å². The first-order valence-electron chi connectivity index (χ1n) is 6.51. The molecule has 6 nitrogen and oxygen atoms in total. The summed E-state index contributed by atoms with van der Waals surface area (Å²) in [6.45, 7) is 3.96. The van der Waals surface area contributed by atoms with Crippen LogP contribution in [0.3, 0.4) is 0 Å². The summed E-state index contributed by atoms with van der Waals surface area (Å²) in [7, 11) is -2.11. The van der Waals surface area contributed by atoms with Gasteiger partial charge in [-0.15, -0.1) is 0 Å². The summed E-state index contributed by atoms with van der Waals surface area (Å²) in [5.41, 5.74) is 7.79. The molecule has 1 heterocycles. The van der Waals surface area contributed by atoms with E-state index in [9.17, 15) is 8.42 Å². The van der Waals surface area contributed by atoms with Crippen LogP contribution in [-0.4, -0.2) is 25.4 Å². The second-order valence-electron chi connectivity index (χ2n) is 4.92. The van der Waals surface area contributed by atoms with Crippen molar-refractivity contribution in [1.29, 1.82) is 0 Å². The summed E-state index contributed by atoms with van der Waals surface area (Å²) in [4.78, 5) is 8.81. The SMILES string of the molecule is CNS(=O)(=O)c1cccc(-c2cnc(N)c(C(C)C)n2)c1. The molecule has 1 aromatic carbocycles. The highest BCUT2D eigenvalue weighted by molar-refractivity contribution is 7.89. The van der Waals surface area contributed by atoms with Gasteiger partial charge >= 0.3 is 0 Å². The Morgan fingerprint density at radius 2 is 2.00 bits per heavy atom. The van der Waals surface area contributed by atoms with Gasteiger partial charge in [-0.3, -0.25) is 0 Å². The predicted octanol–water partition coefficient (Wildman–Crippen LogP) is 1.76. The zero-order valence-electron chi connectivity index (χ0n) is 12.2. The van der Waals surface area contributed by atoms with E-state index >= 15 is 0 Å². The minimum absolute atomic E-state index is 0.140. The van der Waals surface area contributed by atoms with Crippen molar-refractivity contribution in [3.05, 3.63) is 36.2 Å². The summed E-state index contributed by atoms with van der Waals surface area (Å²) in [5, 5.41) is 0. The van der Waals surface area contributed by atoms with Crippen LogP contribution in [0.2, 0.25) is 0 Å². The molecule has 0 spiro atoms. The number of nitrogen functional groups attached to an aromatic ring is 1. The Hall–Kier alpha value is -1.99. The number of benzene rings is 1. The van der Waals surface area contributed by atoms with Gasteiger partial charge in [0.15, 0.2) is 0 Å². The summed E-state index contributed by atoms with van der Waals surface area (Å²) >= 11 is 0. The van der Waals surface area contributed by atoms with E-state index in [0.717, 1.165) is 0 Å². The normalized spacial score (nSPS) is 11.8. The van der Waals surface area contributed by atoms with Crippen molar-refractivity contribution in [2.75, 3.05) is 12.8 Å². The van der Waals surface area contributed by atoms with Crippen molar-refractivity contribution in [2.45, 2.75) is 24.7 Å². The van der Waals surface area contributed by atoms with E-state index in [1.807, 2.05) is 13.8 Å². The van der Waals surface area contributed by atoms with Crippen molar-refractivity contribution in [3.63, 3.8) is 0 Å². The molecule has 21 heavy (non-hydrogen) atoms. The van der Waals surface area contributed by atoms with E-state index in [-0.39, 0.29) is 10.8 Å². The van der Waals surface area contributed by atoms with Crippen LogP contribution in [0, 0.1) is 0 Å². The molecule has 2 aromatic rings. The molecule has 112 valence electrons. The zero-order chi connectivity index (χ0) is 15.6. The molecule has 0 bridgehead atoms. The lowest BCUT2D eigenvalue weighted by Gasteiger charge is -2.10. The number of nitrogens with two attached hydrogens (primary N) is 1. The van der Waals surface area contributed by atoms with Crippen molar-refractivity contribution in [3.8, 4) is 11.3 Å². The standard InChI is InChI=1S/C14H18N4O2S/c1-9(2)13-14(15)17-8-12(18-13)10-5-4-6-11(7-10)21(19,20)16-3/h4-9,16H,1-3H3,(H2,15,17). The summed E-state index contributed by atoms with van der Waals surface area (Å²) in [5.74, 6) is 0.537. The fourth-order valence-electron chi connectivity index (χ4n) is 1.92. The number of sulfonamides is 1. The van der Waals surface area contributed by atoms with E-state index in [0.29, 0.717) is 22.8 Å². The summed E-state index contributed by atoms with van der Waals surface area (Å²) < 4.78 is 26.0. The zero-order valence-corrected chi connectivity index (χ0v) is 13.0. The van der Waals surface area contributed by atoms with E-state index in [4.69, 9.17) is 5.73 Å². The average Bonchev–Trinajstić information content (AvgIpc) is 2.47. The first kappa shape index (κ1) is 15.4. The topological polar surface area (TPSA) is 98.0 Å². The molecule has 1 aromatic heterocycles. The molecule has 0 radical (unpaired) electrons. The first-order chi connectivity index (χ1) is 9.85. The van der Waals surface area contributed by atoms with Gasteiger partial charge in [-0.2, -0.15) is 0 Å². The number of anilines is 1. The van der Waals surface area contributed by atoms with E-state index in [1.165, 1.54) is 13.1 Å². The third-order valence-electron chi connectivity index (χ3n) is 3.08. The fraction of sp³-hybridized carbons (Fsp3) is 0.286. The largest absolute Gasteiger partial charge is 0.382 e. The third kappa shape index (κ3) is 3.20. The van der Waals surface area contributed by atoms with Crippen molar-refractivity contribution in [2.24, 2.45) is 0 Å². The number of rotatable bonds is 4. The van der Waals surface area contributed by atoms with Gasteiger partial charge in [0.05, 0.1) is 22.5 Å². The number of aromatic nitrogens is 2. The highest BCUT2D eigenvalue weighted by Gasteiger charge is 2.14. The lowest BCUT2D eigenvalue weighted by Crippen LogP contribution is -2.18. The Labute approximate surface area is 124 Å². The Morgan fingerprint density at radius 1 is 1.29 bits per heavy atom. The first-order valence-corrected chi connectivity index (χ1v) is 8.00. The minimum Gasteiger partial charge on any atom is -0.382 e. The van der Waals surface area contributed by atoms with Crippen LogP contribution in [0.5, 0.6) is 0 Å². The Morgan fingerprint density at radius 3 is 2.62 bits per heavy atom. The molecule has 0 aliphatic rings. The van der Waals surface area contributed by atoms with Gasteiger partial charge < -0.3 is 5.73 Å². The second kappa shape index (κ2) is 5.79.